The Balaban J connectivity index is 1.47. The maximum Gasteiger partial charge on any atom is 0.573 e. The van der Waals surface area contributed by atoms with Crippen molar-refractivity contribution in [3.63, 3.8) is 0 Å². The van der Waals surface area contributed by atoms with E-state index in [0.29, 0.717) is 28.0 Å². The summed E-state index contributed by atoms with van der Waals surface area (Å²) in [7, 11) is 0. The highest BCUT2D eigenvalue weighted by Crippen LogP contribution is 2.30. The molecule has 9 heteroatoms. The summed E-state index contributed by atoms with van der Waals surface area (Å²) in [6, 6.07) is 14.1. The predicted octanol–water partition coefficient (Wildman–Crippen LogP) is 5.79. The molecule has 0 spiro atoms. The summed E-state index contributed by atoms with van der Waals surface area (Å²) in [5.41, 5.74) is 2.33. The Morgan fingerprint density at radius 1 is 1.00 bits per heavy atom. The lowest BCUT2D eigenvalue weighted by Crippen LogP contribution is -2.45. The standard InChI is InChI=1S/C26H25F3N2O4/c1-16-14-31(15-17(2)33-16)24-12-11-21(13-30-24)34-25(32)23-6-4-5-22(18(23)3)19-7-9-20(10-8-19)35-26(27,28)29/h4-13,16-17H,14-15H2,1-3H3. The summed E-state index contributed by atoms with van der Waals surface area (Å²) in [4.78, 5) is 19.4. The monoisotopic (exact) mass is 486 g/mol. The molecule has 1 aliphatic heterocycles. The summed E-state index contributed by atoms with van der Waals surface area (Å²) in [6.45, 7) is 7.24. The zero-order chi connectivity index (χ0) is 25.2. The van der Waals surface area contributed by atoms with E-state index in [1.165, 1.54) is 30.5 Å². The SMILES string of the molecule is Cc1c(C(=O)Oc2ccc(N3CC(C)OC(C)C3)nc2)cccc1-c1ccc(OC(F)(F)F)cc1. The van der Waals surface area contributed by atoms with Crippen molar-refractivity contribution in [2.24, 2.45) is 0 Å². The molecule has 1 fully saturated rings. The Labute approximate surface area is 201 Å². The number of anilines is 1. The maximum atomic E-state index is 12.9. The minimum absolute atomic E-state index is 0.0988. The van der Waals surface area contributed by atoms with Crippen LogP contribution >= 0.6 is 0 Å². The van der Waals surface area contributed by atoms with Crippen LogP contribution in [0.2, 0.25) is 0 Å². The lowest BCUT2D eigenvalue weighted by molar-refractivity contribution is -0.274. The molecule has 2 aromatic carbocycles. The summed E-state index contributed by atoms with van der Waals surface area (Å²) >= 11 is 0. The first-order valence-corrected chi connectivity index (χ1v) is 11.1. The van der Waals surface area contributed by atoms with Gasteiger partial charge in [0.05, 0.1) is 24.0 Å². The van der Waals surface area contributed by atoms with Gasteiger partial charge in [-0.15, -0.1) is 13.2 Å². The van der Waals surface area contributed by atoms with Gasteiger partial charge < -0.3 is 19.1 Å². The molecule has 3 aromatic rings. The molecule has 6 nitrogen and oxygen atoms in total. The highest BCUT2D eigenvalue weighted by atomic mass is 19.4. The van der Waals surface area contributed by atoms with Gasteiger partial charge in [0, 0.05) is 13.1 Å². The summed E-state index contributed by atoms with van der Waals surface area (Å²) in [5.74, 6) is 0.227. The normalized spacial score (nSPS) is 18.3. The second-order valence-electron chi connectivity index (χ2n) is 8.45. The van der Waals surface area contributed by atoms with Crippen LogP contribution in [0.5, 0.6) is 11.5 Å². The molecule has 0 amide bonds. The first-order chi connectivity index (χ1) is 16.6. The highest BCUT2D eigenvalue weighted by Gasteiger charge is 2.31. The van der Waals surface area contributed by atoms with E-state index >= 15 is 0 Å². The molecule has 0 saturated carbocycles. The number of pyridine rings is 1. The molecule has 4 rings (SSSR count). The fourth-order valence-corrected chi connectivity index (χ4v) is 4.15. The quantitative estimate of drug-likeness (QED) is 0.426. The number of benzene rings is 2. The second-order valence-corrected chi connectivity index (χ2v) is 8.45. The zero-order valence-electron chi connectivity index (χ0n) is 19.5. The van der Waals surface area contributed by atoms with Crippen LogP contribution < -0.4 is 14.4 Å². The molecule has 184 valence electrons. The van der Waals surface area contributed by atoms with Gasteiger partial charge in [-0.25, -0.2) is 9.78 Å². The van der Waals surface area contributed by atoms with Crippen molar-refractivity contribution in [1.29, 1.82) is 0 Å². The van der Waals surface area contributed by atoms with Crippen LogP contribution in [0.3, 0.4) is 0 Å². The van der Waals surface area contributed by atoms with Gasteiger partial charge >= 0.3 is 12.3 Å². The molecular weight excluding hydrogens is 461 g/mol. The molecule has 2 atom stereocenters. The van der Waals surface area contributed by atoms with Crippen LogP contribution in [0, 0.1) is 6.92 Å². The summed E-state index contributed by atoms with van der Waals surface area (Å²) in [6.07, 6.45) is -3.05. The largest absolute Gasteiger partial charge is 0.573 e. The van der Waals surface area contributed by atoms with Gasteiger partial charge in [0.2, 0.25) is 0 Å². The molecule has 2 heterocycles. The van der Waals surface area contributed by atoms with Crippen LogP contribution in [-0.4, -0.2) is 42.6 Å². The van der Waals surface area contributed by atoms with Gasteiger partial charge in [0.25, 0.3) is 0 Å². The molecule has 0 aliphatic carbocycles. The Morgan fingerprint density at radius 2 is 1.66 bits per heavy atom. The number of carbonyl (C=O) groups excluding carboxylic acids is 1. The van der Waals surface area contributed by atoms with Crippen molar-refractivity contribution in [3.05, 3.63) is 71.9 Å². The molecular formula is C26H25F3N2O4. The number of halogens is 3. The zero-order valence-corrected chi connectivity index (χ0v) is 19.5. The summed E-state index contributed by atoms with van der Waals surface area (Å²) in [5, 5.41) is 0. The topological polar surface area (TPSA) is 60.9 Å². The Kier molecular flexibility index (Phi) is 6.98. The van der Waals surface area contributed by atoms with Gasteiger partial charge in [0.1, 0.15) is 17.3 Å². The third-order valence-corrected chi connectivity index (χ3v) is 5.63. The molecule has 35 heavy (non-hydrogen) atoms. The number of nitrogens with zero attached hydrogens (tertiary/aromatic N) is 2. The van der Waals surface area contributed by atoms with Crippen molar-refractivity contribution in [1.82, 2.24) is 4.98 Å². The van der Waals surface area contributed by atoms with E-state index in [2.05, 4.69) is 14.6 Å². The Hall–Kier alpha value is -3.59. The number of aromatic nitrogens is 1. The van der Waals surface area contributed by atoms with Gasteiger partial charge in [-0.05, 0) is 67.8 Å². The lowest BCUT2D eigenvalue weighted by atomic mass is 9.96. The van der Waals surface area contributed by atoms with Crippen LogP contribution in [0.4, 0.5) is 19.0 Å². The van der Waals surface area contributed by atoms with E-state index in [1.54, 1.807) is 37.3 Å². The third-order valence-electron chi connectivity index (χ3n) is 5.63. The van der Waals surface area contributed by atoms with Crippen LogP contribution in [0.1, 0.15) is 29.8 Å². The maximum absolute atomic E-state index is 12.9. The molecule has 1 aliphatic rings. The Morgan fingerprint density at radius 3 is 2.26 bits per heavy atom. The van der Waals surface area contributed by atoms with Crippen molar-refractivity contribution >= 4 is 11.8 Å². The van der Waals surface area contributed by atoms with Crippen molar-refractivity contribution < 1.29 is 32.2 Å². The van der Waals surface area contributed by atoms with Gasteiger partial charge in [-0.2, -0.15) is 0 Å². The molecule has 2 unspecified atom stereocenters. The number of hydrogen-bond acceptors (Lipinski definition) is 6. The van der Waals surface area contributed by atoms with Crippen LogP contribution in [0.25, 0.3) is 11.1 Å². The molecule has 0 bridgehead atoms. The van der Waals surface area contributed by atoms with E-state index in [4.69, 9.17) is 9.47 Å². The number of rotatable bonds is 5. The first kappa shape index (κ1) is 24.5. The van der Waals surface area contributed by atoms with E-state index in [1.807, 2.05) is 13.8 Å². The minimum Gasteiger partial charge on any atom is -0.421 e. The van der Waals surface area contributed by atoms with Crippen molar-refractivity contribution in [3.8, 4) is 22.6 Å². The van der Waals surface area contributed by atoms with Crippen LogP contribution in [-0.2, 0) is 4.74 Å². The number of hydrogen-bond donors (Lipinski definition) is 0. The van der Waals surface area contributed by atoms with E-state index < -0.39 is 12.3 Å². The van der Waals surface area contributed by atoms with Crippen LogP contribution in [0.15, 0.2) is 60.8 Å². The third kappa shape index (κ3) is 6.10. The minimum atomic E-state index is -4.76. The number of carbonyl (C=O) groups is 1. The number of morpholine rings is 1. The van der Waals surface area contributed by atoms with Gasteiger partial charge in [0.15, 0.2) is 0 Å². The Bertz CT molecular complexity index is 1170. The average Bonchev–Trinajstić information content (AvgIpc) is 2.79. The number of esters is 1. The van der Waals surface area contributed by atoms with E-state index in [0.717, 1.165) is 18.9 Å². The number of ether oxygens (including phenoxy) is 3. The molecule has 1 saturated heterocycles. The first-order valence-electron chi connectivity index (χ1n) is 11.1. The fraction of sp³-hybridized carbons (Fsp3) is 0.308. The smallest absolute Gasteiger partial charge is 0.421 e. The molecule has 0 radical (unpaired) electrons. The van der Waals surface area contributed by atoms with E-state index in [-0.39, 0.29) is 18.0 Å². The van der Waals surface area contributed by atoms with E-state index in [9.17, 15) is 18.0 Å². The highest BCUT2D eigenvalue weighted by molar-refractivity contribution is 5.94. The second kappa shape index (κ2) is 9.95. The van der Waals surface area contributed by atoms with Gasteiger partial charge in [-0.1, -0.05) is 24.3 Å². The fourth-order valence-electron chi connectivity index (χ4n) is 4.15. The van der Waals surface area contributed by atoms with Crippen molar-refractivity contribution in [2.45, 2.75) is 39.3 Å². The van der Waals surface area contributed by atoms with Gasteiger partial charge in [-0.3, -0.25) is 0 Å². The molecule has 1 aromatic heterocycles. The lowest BCUT2D eigenvalue weighted by Gasteiger charge is -2.36. The number of alkyl halides is 3. The predicted molar refractivity (Wildman–Crippen MR) is 125 cm³/mol. The summed E-state index contributed by atoms with van der Waals surface area (Å²) < 4.78 is 52.4. The molecule has 0 N–H and O–H groups in total. The van der Waals surface area contributed by atoms with Crippen molar-refractivity contribution in [2.75, 3.05) is 18.0 Å². The average molecular weight is 486 g/mol.